The van der Waals surface area contributed by atoms with E-state index in [1.165, 1.54) is 0 Å². The summed E-state index contributed by atoms with van der Waals surface area (Å²) >= 11 is 0. The second kappa shape index (κ2) is 2.70. The van der Waals surface area contributed by atoms with Crippen LogP contribution in [0.15, 0.2) is 12.4 Å². The molecule has 2 heterocycles. The van der Waals surface area contributed by atoms with Gasteiger partial charge in [-0.25, -0.2) is 8.42 Å². The van der Waals surface area contributed by atoms with Crippen LogP contribution in [-0.4, -0.2) is 19.2 Å². The normalized spacial score (nSPS) is 18.8. The van der Waals surface area contributed by atoms with Gasteiger partial charge in [-0.05, 0) is 24.5 Å². The van der Waals surface area contributed by atoms with Gasteiger partial charge < -0.3 is 0 Å². The van der Waals surface area contributed by atoms with Crippen LogP contribution in [0.4, 0.5) is 5.69 Å². The first kappa shape index (κ1) is 8.50. The number of aryl methyl sites for hydroxylation is 1. The molecule has 1 aromatic heterocycles. The van der Waals surface area contributed by atoms with E-state index >= 15 is 0 Å². The third kappa shape index (κ3) is 1.51. The number of aromatic nitrogens is 1. The zero-order valence-electron chi connectivity index (χ0n) is 7.24. The zero-order chi connectivity index (χ0) is 9.47. The van der Waals surface area contributed by atoms with Crippen molar-refractivity contribution in [2.24, 2.45) is 0 Å². The SMILES string of the molecule is Cc1cncc2c1CCS(=O)(=O)N2. The number of hydrogen-bond donors (Lipinski definition) is 1. The molecule has 0 unspecified atom stereocenters. The van der Waals surface area contributed by atoms with Gasteiger partial charge in [0.1, 0.15) is 0 Å². The smallest absolute Gasteiger partial charge is 0.233 e. The molecule has 0 saturated heterocycles. The molecule has 70 valence electrons. The highest BCUT2D eigenvalue weighted by molar-refractivity contribution is 7.92. The van der Waals surface area contributed by atoms with Gasteiger partial charge in [0.25, 0.3) is 0 Å². The Morgan fingerprint density at radius 1 is 1.46 bits per heavy atom. The molecule has 1 aromatic rings. The summed E-state index contributed by atoms with van der Waals surface area (Å²) in [5, 5.41) is 0. The van der Waals surface area contributed by atoms with E-state index in [1.54, 1.807) is 12.4 Å². The first-order valence-corrected chi connectivity index (χ1v) is 5.68. The van der Waals surface area contributed by atoms with E-state index in [0.717, 1.165) is 11.1 Å². The summed E-state index contributed by atoms with van der Waals surface area (Å²) in [6.07, 6.45) is 3.89. The molecule has 1 aliphatic heterocycles. The molecule has 0 fully saturated rings. The summed E-state index contributed by atoms with van der Waals surface area (Å²) in [5.74, 6) is 0.171. The fourth-order valence-electron chi connectivity index (χ4n) is 1.47. The predicted molar refractivity (Wildman–Crippen MR) is 50.1 cm³/mol. The Hall–Kier alpha value is -1.10. The van der Waals surface area contributed by atoms with Gasteiger partial charge in [0.15, 0.2) is 0 Å². The van der Waals surface area contributed by atoms with E-state index in [1.807, 2.05) is 6.92 Å². The number of rotatable bonds is 0. The molecular formula is C8H10N2O2S. The molecule has 0 atom stereocenters. The molecule has 0 aromatic carbocycles. The number of nitrogens with zero attached hydrogens (tertiary/aromatic N) is 1. The van der Waals surface area contributed by atoms with E-state index in [-0.39, 0.29) is 5.75 Å². The molecule has 2 rings (SSSR count). The summed E-state index contributed by atoms with van der Waals surface area (Å²) in [5.41, 5.74) is 2.73. The van der Waals surface area contributed by atoms with Crippen molar-refractivity contribution in [3.05, 3.63) is 23.5 Å². The summed E-state index contributed by atoms with van der Waals surface area (Å²) in [6, 6.07) is 0. The summed E-state index contributed by atoms with van der Waals surface area (Å²) < 4.78 is 24.9. The molecule has 0 amide bonds. The molecule has 0 aliphatic carbocycles. The van der Waals surface area contributed by atoms with Gasteiger partial charge in [-0.2, -0.15) is 0 Å². The molecule has 0 spiro atoms. The van der Waals surface area contributed by atoms with E-state index in [2.05, 4.69) is 9.71 Å². The van der Waals surface area contributed by atoms with Crippen LogP contribution in [0.25, 0.3) is 0 Å². The lowest BCUT2D eigenvalue weighted by Crippen LogP contribution is -2.24. The van der Waals surface area contributed by atoms with Crippen LogP contribution in [-0.2, 0) is 16.4 Å². The average Bonchev–Trinajstić information content (AvgIpc) is 2.02. The zero-order valence-corrected chi connectivity index (χ0v) is 8.06. The van der Waals surface area contributed by atoms with E-state index in [0.29, 0.717) is 12.1 Å². The van der Waals surface area contributed by atoms with Crippen molar-refractivity contribution in [1.29, 1.82) is 0 Å². The molecule has 13 heavy (non-hydrogen) atoms. The van der Waals surface area contributed by atoms with Crippen molar-refractivity contribution in [2.45, 2.75) is 13.3 Å². The highest BCUT2D eigenvalue weighted by Gasteiger charge is 2.20. The van der Waals surface area contributed by atoms with Crippen molar-refractivity contribution in [3.63, 3.8) is 0 Å². The second-order valence-electron chi connectivity index (χ2n) is 3.15. The fraction of sp³-hybridized carbons (Fsp3) is 0.375. The number of sulfonamides is 1. The Bertz CT molecular complexity index is 439. The van der Waals surface area contributed by atoms with Gasteiger partial charge in [0, 0.05) is 6.20 Å². The van der Waals surface area contributed by atoms with Crippen LogP contribution >= 0.6 is 0 Å². The molecular weight excluding hydrogens is 188 g/mol. The van der Waals surface area contributed by atoms with Crippen molar-refractivity contribution in [2.75, 3.05) is 10.5 Å². The van der Waals surface area contributed by atoms with Crippen LogP contribution in [0.2, 0.25) is 0 Å². The topological polar surface area (TPSA) is 59.1 Å². The lowest BCUT2D eigenvalue weighted by atomic mass is 10.1. The van der Waals surface area contributed by atoms with E-state index in [4.69, 9.17) is 0 Å². The number of anilines is 1. The van der Waals surface area contributed by atoms with Gasteiger partial charge in [-0.1, -0.05) is 0 Å². The maximum Gasteiger partial charge on any atom is 0.233 e. The molecule has 0 bridgehead atoms. The number of hydrogen-bond acceptors (Lipinski definition) is 3. The molecule has 5 heteroatoms. The summed E-state index contributed by atoms with van der Waals surface area (Å²) in [4.78, 5) is 3.94. The summed E-state index contributed by atoms with van der Waals surface area (Å²) in [6.45, 7) is 1.94. The van der Waals surface area contributed by atoms with Crippen molar-refractivity contribution >= 4 is 15.7 Å². The minimum atomic E-state index is -3.10. The van der Waals surface area contributed by atoms with Gasteiger partial charge in [-0.15, -0.1) is 0 Å². The van der Waals surface area contributed by atoms with Gasteiger partial charge in [0.2, 0.25) is 10.0 Å². The Labute approximate surface area is 77.1 Å². The molecule has 0 saturated carbocycles. The third-order valence-corrected chi connectivity index (χ3v) is 3.43. The van der Waals surface area contributed by atoms with Crippen LogP contribution < -0.4 is 4.72 Å². The minimum absolute atomic E-state index is 0.171. The number of nitrogens with one attached hydrogen (secondary N) is 1. The maximum absolute atomic E-state index is 11.2. The second-order valence-corrected chi connectivity index (χ2v) is 5.00. The maximum atomic E-state index is 11.2. The number of pyridine rings is 1. The monoisotopic (exact) mass is 198 g/mol. The van der Waals surface area contributed by atoms with Gasteiger partial charge in [-0.3, -0.25) is 9.71 Å². The van der Waals surface area contributed by atoms with Crippen molar-refractivity contribution in [1.82, 2.24) is 4.98 Å². The van der Waals surface area contributed by atoms with E-state index < -0.39 is 10.0 Å². The van der Waals surface area contributed by atoms with E-state index in [9.17, 15) is 8.42 Å². The minimum Gasteiger partial charge on any atom is -0.282 e. The van der Waals surface area contributed by atoms with Gasteiger partial charge >= 0.3 is 0 Å². The fourth-order valence-corrected chi connectivity index (χ4v) is 2.55. The van der Waals surface area contributed by atoms with Crippen molar-refractivity contribution in [3.8, 4) is 0 Å². The predicted octanol–water partition coefficient (Wildman–Crippen LogP) is 0.688. The molecule has 0 radical (unpaired) electrons. The standard InChI is InChI=1S/C8H10N2O2S/c1-6-4-9-5-8-7(6)2-3-13(11,12)10-8/h4-5,10H,2-3H2,1H3. The average molecular weight is 198 g/mol. The highest BCUT2D eigenvalue weighted by atomic mass is 32.2. The molecule has 1 aliphatic rings. The number of fused-ring (bicyclic) bond motifs is 1. The van der Waals surface area contributed by atoms with Crippen LogP contribution in [0.1, 0.15) is 11.1 Å². The Morgan fingerprint density at radius 3 is 3.00 bits per heavy atom. The highest BCUT2D eigenvalue weighted by Crippen LogP contribution is 2.24. The third-order valence-electron chi connectivity index (χ3n) is 2.16. The van der Waals surface area contributed by atoms with Crippen LogP contribution in [0.5, 0.6) is 0 Å². The van der Waals surface area contributed by atoms with Gasteiger partial charge in [0.05, 0.1) is 17.6 Å². The lowest BCUT2D eigenvalue weighted by Gasteiger charge is -2.18. The Kier molecular flexibility index (Phi) is 1.76. The quantitative estimate of drug-likeness (QED) is 0.667. The molecule has 1 N–H and O–H groups in total. The Balaban J connectivity index is 2.54. The Morgan fingerprint density at radius 2 is 2.23 bits per heavy atom. The summed E-state index contributed by atoms with van der Waals surface area (Å²) in [7, 11) is -3.10. The van der Waals surface area contributed by atoms with Crippen molar-refractivity contribution < 1.29 is 8.42 Å². The first-order valence-electron chi connectivity index (χ1n) is 4.02. The van der Waals surface area contributed by atoms with Crippen LogP contribution in [0, 0.1) is 6.92 Å². The van der Waals surface area contributed by atoms with Crippen LogP contribution in [0.3, 0.4) is 0 Å². The lowest BCUT2D eigenvalue weighted by molar-refractivity contribution is 0.599. The largest absolute Gasteiger partial charge is 0.282 e. The first-order chi connectivity index (χ1) is 6.08. The molecule has 4 nitrogen and oxygen atoms in total.